The van der Waals surface area contributed by atoms with Gasteiger partial charge in [-0.2, -0.15) is 0 Å². The Bertz CT molecular complexity index is 662. The van der Waals surface area contributed by atoms with Crippen molar-refractivity contribution in [1.82, 2.24) is 9.80 Å². The first kappa shape index (κ1) is 17.9. The highest BCUT2D eigenvalue weighted by molar-refractivity contribution is 6.16. The Labute approximate surface area is 141 Å². The first-order valence-corrected chi connectivity index (χ1v) is 7.85. The zero-order valence-electron chi connectivity index (χ0n) is 14.2. The van der Waals surface area contributed by atoms with Gasteiger partial charge in [-0.25, -0.2) is 0 Å². The number of rotatable bonds is 6. The molecule has 1 aliphatic heterocycles. The summed E-state index contributed by atoms with van der Waals surface area (Å²) in [4.78, 5) is 38.8. The van der Waals surface area contributed by atoms with Gasteiger partial charge in [-0.1, -0.05) is 24.3 Å². The molecule has 0 unspecified atom stereocenters. The number of imide groups is 1. The first-order chi connectivity index (χ1) is 11.4. The Morgan fingerprint density at radius 1 is 1.25 bits per heavy atom. The van der Waals surface area contributed by atoms with Crippen LogP contribution in [-0.2, 0) is 25.7 Å². The molecule has 1 heterocycles. The summed E-state index contributed by atoms with van der Waals surface area (Å²) >= 11 is 0. The highest BCUT2D eigenvalue weighted by atomic mass is 16.5. The summed E-state index contributed by atoms with van der Waals surface area (Å²) in [6, 6.07) is 7.81. The SMILES string of the molecule is CCOC(=O)CN1C(=O)C/C(=C\c2ccc(CN(C)C)cc2)C1=O. The maximum absolute atomic E-state index is 12.3. The number of nitrogens with zero attached hydrogens (tertiary/aromatic N) is 2. The van der Waals surface area contributed by atoms with Crippen LogP contribution in [0.25, 0.3) is 6.08 Å². The van der Waals surface area contributed by atoms with Crippen molar-refractivity contribution in [3.8, 4) is 0 Å². The van der Waals surface area contributed by atoms with Gasteiger partial charge in [0.2, 0.25) is 5.91 Å². The Kier molecular flexibility index (Phi) is 5.87. The van der Waals surface area contributed by atoms with Crippen LogP contribution in [0.5, 0.6) is 0 Å². The van der Waals surface area contributed by atoms with Gasteiger partial charge in [0.1, 0.15) is 6.54 Å². The number of esters is 1. The minimum Gasteiger partial charge on any atom is -0.465 e. The Hall–Kier alpha value is -2.47. The number of carbonyl (C=O) groups is 3. The second kappa shape index (κ2) is 7.88. The van der Waals surface area contributed by atoms with E-state index in [1.165, 1.54) is 5.56 Å². The smallest absolute Gasteiger partial charge is 0.326 e. The maximum atomic E-state index is 12.3. The Morgan fingerprint density at radius 3 is 2.50 bits per heavy atom. The lowest BCUT2D eigenvalue weighted by Gasteiger charge is -2.12. The molecule has 0 radical (unpaired) electrons. The molecule has 2 amide bonds. The number of hydrogen-bond donors (Lipinski definition) is 0. The highest BCUT2D eigenvalue weighted by Gasteiger charge is 2.35. The second-order valence-corrected chi connectivity index (χ2v) is 5.92. The molecule has 0 atom stereocenters. The molecule has 2 rings (SSSR count). The van der Waals surface area contributed by atoms with E-state index in [4.69, 9.17) is 4.74 Å². The van der Waals surface area contributed by atoms with Crippen molar-refractivity contribution in [2.45, 2.75) is 19.9 Å². The quantitative estimate of drug-likeness (QED) is 0.449. The van der Waals surface area contributed by atoms with Crippen LogP contribution >= 0.6 is 0 Å². The van der Waals surface area contributed by atoms with E-state index < -0.39 is 11.9 Å². The molecule has 1 aromatic carbocycles. The van der Waals surface area contributed by atoms with Crippen LogP contribution in [0.15, 0.2) is 29.8 Å². The predicted molar refractivity (Wildman–Crippen MR) is 89.8 cm³/mol. The van der Waals surface area contributed by atoms with E-state index in [9.17, 15) is 14.4 Å². The van der Waals surface area contributed by atoms with Crippen molar-refractivity contribution >= 4 is 23.9 Å². The molecule has 24 heavy (non-hydrogen) atoms. The third-order valence-electron chi connectivity index (χ3n) is 3.57. The third kappa shape index (κ3) is 4.52. The summed E-state index contributed by atoms with van der Waals surface area (Å²) in [5.74, 6) is -1.37. The maximum Gasteiger partial charge on any atom is 0.326 e. The van der Waals surface area contributed by atoms with E-state index in [0.717, 1.165) is 17.0 Å². The summed E-state index contributed by atoms with van der Waals surface area (Å²) in [7, 11) is 3.99. The average molecular weight is 330 g/mol. The van der Waals surface area contributed by atoms with Gasteiger partial charge in [-0.15, -0.1) is 0 Å². The fraction of sp³-hybridized carbons (Fsp3) is 0.389. The predicted octanol–water partition coefficient (Wildman–Crippen LogP) is 1.45. The fourth-order valence-electron chi connectivity index (χ4n) is 2.51. The molecule has 1 aliphatic rings. The van der Waals surface area contributed by atoms with E-state index in [0.29, 0.717) is 5.57 Å². The van der Waals surface area contributed by atoms with Crippen LogP contribution in [-0.4, -0.2) is 54.8 Å². The van der Waals surface area contributed by atoms with Gasteiger partial charge in [0.15, 0.2) is 0 Å². The molecular weight excluding hydrogens is 308 g/mol. The molecule has 6 heteroatoms. The summed E-state index contributed by atoms with van der Waals surface area (Å²) < 4.78 is 4.79. The van der Waals surface area contributed by atoms with Crippen LogP contribution in [0, 0.1) is 0 Å². The Balaban J connectivity index is 2.09. The number of hydrogen-bond acceptors (Lipinski definition) is 5. The average Bonchev–Trinajstić information content (AvgIpc) is 2.77. The molecule has 1 saturated heterocycles. The number of likely N-dealkylation sites (tertiary alicyclic amines) is 1. The Morgan fingerprint density at radius 2 is 1.92 bits per heavy atom. The van der Waals surface area contributed by atoms with Gasteiger partial charge < -0.3 is 9.64 Å². The minimum atomic E-state index is -0.575. The molecule has 0 aromatic heterocycles. The van der Waals surface area contributed by atoms with Crippen molar-refractivity contribution in [2.75, 3.05) is 27.2 Å². The molecule has 0 saturated carbocycles. The van der Waals surface area contributed by atoms with Crippen LogP contribution in [0.4, 0.5) is 0 Å². The largest absolute Gasteiger partial charge is 0.465 e. The first-order valence-electron chi connectivity index (χ1n) is 7.85. The van der Waals surface area contributed by atoms with Crippen molar-refractivity contribution in [3.05, 3.63) is 41.0 Å². The van der Waals surface area contributed by atoms with E-state index in [2.05, 4.69) is 4.90 Å². The molecule has 0 spiro atoms. The molecule has 6 nitrogen and oxygen atoms in total. The van der Waals surface area contributed by atoms with Crippen LogP contribution in [0.1, 0.15) is 24.5 Å². The number of ether oxygens (including phenoxy) is 1. The van der Waals surface area contributed by atoms with Crippen LogP contribution in [0.2, 0.25) is 0 Å². The van der Waals surface area contributed by atoms with Gasteiger partial charge in [-0.05, 0) is 38.2 Å². The zero-order chi connectivity index (χ0) is 17.7. The lowest BCUT2D eigenvalue weighted by Crippen LogP contribution is -2.35. The number of benzene rings is 1. The van der Waals surface area contributed by atoms with Crippen LogP contribution in [0.3, 0.4) is 0 Å². The fourth-order valence-corrected chi connectivity index (χ4v) is 2.51. The standard InChI is InChI=1S/C18H22N2O4/c1-4-24-17(22)12-20-16(21)10-15(18(20)23)9-13-5-7-14(8-6-13)11-19(2)3/h5-9H,4,10-12H2,1-3H3/b15-9+. The second-order valence-electron chi connectivity index (χ2n) is 5.92. The summed E-state index contributed by atoms with van der Waals surface area (Å²) in [6.45, 7) is 2.40. The molecule has 0 aliphatic carbocycles. The summed E-state index contributed by atoms with van der Waals surface area (Å²) in [6.07, 6.45) is 1.71. The van der Waals surface area contributed by atoms with Gasteiger partial charge in [0.25, 0.3) is 5.91 Å². The monoisotopic (exact) mass is 330 g/mol. The molecule has 0 N–H and O–H groups in total. The van der Waals surface area contributed by atoms with Gasteiger partial charge >= 0.3 is 5.97 Å². The topological polar surface area (TPSA) is 66.9 Å². The molecule has 1 aromatic rings. The molecule has 0 bridgehead atoms. The summed E-state index contributed by atoms with van der Waals surface area (Å²) in [5, 5.41) is 0. The summed E-state index contributed by atoms with van der Waals surface area (Å²) in [5.41, 5.74) is 2.41. The van der Waals surface area contributed by atoms with E-state index >= 15 is 0 Å². The normalized spacial score (nSPS) is 16.3. The zero-order valence-corrected chi connectivity index (χ0v) is 14.2. The van der Waals surface area contributed by atoms with E-state index in [-0.39, 0.29) is 25.5 Å². The van der Waals surface area contributed by atoms with Crippen molar-refractivity contribution < 1.29 is 19.1 Å². The van der Waals surface area contributed by atoms with Gasteiger partial charge in [0, 0.05) is 12.1 Å². The van der Waals surface area contributed by atoms with Crippen molar-refractivity contribution in [2.24, 2.45) is 0 Å². The number of carbonyl (C=O) groups excluding carboxylic acids is 3. The van der Waals surface area contributed by atoms with Crippen LogP contribution < -0.4 is 0 Å². The van der Waals surface area contributed by atoms with Crippen molar-refractivity contribution in [1.29, 1.82) is 0 Å². The van der Waals surface area contributed by atoms with E-state index in [1.54, 1.807) is 13.0 Å². The van der Waals surface area contributed by atoms with Gasteiger partial charge in [-0.3, -0.25) is 19.3 Å². The minimum absolute atomic E-state index is 0.0116. The number of amides is 2. The molecule has 1 fully saturated rings. The third-order valence-corrected chi connectivity index (χ3v) is 3.57. The molecule has 128 valence electrons. The molecular formula is C18H22N2O4. The van der Waals surface area contributed by atoms with Crippen molar-refractivity contribution in [3.63, 3.8) is 0 Å². The lowest BCUT2D eigenvalue weighted by molar-refractivity contribution is -0.151. The van der Waals surface area contributed by atoms with E-state index in [1.807, 2.05) is 38.4 Å². The van der Waals surface area contributed by atoms with Gasteiger partial charge in [0.05, 0.1) is 13.0 Å². The highest BCUT2D eigenvalue weighted by Crippen LogP contribution is 2.21. The lowest BCUT2D eigenvalue weighted by atomic mass is 10.1.